The highest BCUT2D eigenvalue weighted by Crippen LogP contribution is 2.30. The molecule has 2 fully saturated rings. The Kier molecular flexibility index (Phi) is 5.31. The molecule has 0 aromatic carbocycles. The standard InChI is InChI=1S/C16H26N4OS/c1-12-15(22-11-19-12)9-18-16(17-2)20-7-5-14(6-8-20)21-10-13-3-4-13/h11,13-14H,3-10H2,1-2H3,(H,17,18). The minimum Gasteiger partial charge on any atom is -0.378 e. The molecule has 2 aliphatic rings. The second-order valence-electron chi connectivity index (χ2n) is 6.22. The molecule has 0 amide bonds. The van der Waals surface area contributed by atoms with E-state index in [-0.39, 0.29) is 0 Å². The molecular weight excluding hydrogens is 296 g/mol. The lowest BCUT2D eigenvalue weighted by Gasteiger charge is -2.34. The number of nitrogens with one attached hydrogen (secondary N) is 1. The van der Waals surface area contributed by atoms with Gasteiger partial charge in [0.25, 0.3) is 0 Å². The smallest absolute Gasteiger partial charge is 0.193 e. The topological polar surface area (TPSA) is 49.8 Å². The third kappa shape index (κ3) is 4.20. The van der Waals surface area contributed by atoms with Crippen LogP contribution < -0.4 is 5.32 Å². The number of guanidine groups is 1. The monoisotopic (exact) mass is 322 g/mol. The quantitative estimate of drug-likeness (QED) is 0.668. The number of piperidine rings is 1. The van der Waals surface area contributed by atoms with Crippen LogP contribution in [0.2, 0.25) is 0 Å². The summed E-state index contributed by atoms with van der Waals surface area (Å²) in [5.74, 6) is 1.85. The number of likely N-dealkylation sites (tertiary alicyclic amines) is 1. The van der Waals surface area contributed by atoms with Crippen molar-refractivity contribution in [2.45, 2.75) is 45.3 Å². The Morgan fingerprint density at radius 2 is 2.18 bits per heavy atom. The maximum absolute atomic E-state index is 6.01. The van der Waals surface area contributed by atoms with Crippen molar-refractivity contribution in [2.75, 3.05) is 26.7 Å². The van der Waals surface area contributed by atoms with E-state index in [2.05, 4.69) is 27.1 Å². The number of rotatable bonds is 5. The van der Waals surface area contributed by atoms with E-state index >= 15 is 0 Å². The molecule has 0 atom stereocenters. The van der Waals surface area contributed by atoms with Crippen LogP contribution in [0.25, 0.3) is 0 Å². The van der Waals surface area contributed by atoms with Crippen molar-refractivity contribution in [1.82, 2.24) is 15.2 Å². The average molecular weight is 322 g/mol. The number of nitrogens with zero attached hydrogens (tertiary/aromatic N) is 3. The van der Waals surface area contributed by atoms with Crippen LogP contribution in [0.15, 0.2) is 10.5 Å². The SMILES string of the molecule is CN=C(NCc1scnc1C)N1CCC(OCC2CC2)CC1. The zero-order valence-electron chi connectivity index (χ0n) is 13.5. The predicted octanol–water partition coefficient (Wildman–Crippen LogP) is 2.42. The van der Waals surface area contributed by atoms with Crippen LogP contribution >= 0.6 is 11.3 Å². The van der Waals surface area contributed by atoms with E-state index in [4.69, 9.17) is 4.74 Å². The van der Waals surface area contributed by atoms with Crippen molar-refractivity contribution in [3.8, 4) is 0 Å². The molecule has 2 heterocycles. The van der Waals surface area contributed by atoms with E-state index in [9.17, 15) is 0 Å². The second kappa shape index (κ2) is 7.42. The Hall–Kier alpha value is -1.14. The van der Waals surface area contributed by atoms with Crippen molar-refractivity contribution in [1.29, 1.82) is 0 Å². The lowest BCUT2D eigenvalue weighted by molar-refractivity contribution is 0.0131. The van der Waals surface area contributed by atoms with Gasteiger partial charge in [-0.2, -0.15) is 0 Å². The summed E-state index contributed by atoms with van der Waals surface area (Å²) >= 11 is 1.70. The van der Waals surface area contributed by atoms with Gasteiger partial charge < -0.3 is 15.0 Å². The molecule has 122 valence electrons. The van der Waals surface area contributed by atoms with Crippen LogP contribution in [0.1, 0.15) is 36.3 Å². The molecule has 22 heavy (non-hydrogen) atoms. The number of aliphatic imine (C=N–C) groups is 1. The minimum absolute atomic E-state index is 0.443. The van der Waals surface area contributed by atoms with Crippen molar-refractivity contribution >= 4 is 17.3 Å². The normalized spacial score (nSPS) is 20.5. The van der Waals surface area contributed by atoms with Crippen molar-refractivity contribution < 1.29 is 4.74 Å². The van der Waals surface area contributed by atoms with Crippen LogP contribution in [-0.2, 0) is 11.3 Å². The minimum atomic E-state index is 0.443. The maximum Gasteiger partial charge on any atom is 0.193 e. The van der Waals surface area contributed by atoms with Gasteiger partial charge in [0.05, 0.1) is 23.9 Å². The van der Waals surface area contributed by atoms with Gasteiger partial charge in [-0.05, 0) is 38.5 Å². The summed E-state index contributed by atoms with van der Waals surface area (Å²) in [4.78, 5) is 12.3. The number of aryl methyl sites for hydroxylation is 1. The average Bonchev–Trinajstić information content (AvgIpc) is 3.29. The third-order valence-electron chi connectivity index (χ3n) is 4.47. The van der Waals surface area contributed by atoms with Crippen LogP contribution in [0, 0.1) is 12.8 Å². The molecule has 1 N–H and O–H groups in total. The summed E-state index contributed by atoms with van der Waals surface area (Å²) in [5.41, 5.74) is 3.01. The number of aromatic nitrogens is 1. The fraction of sp³-hybridized carbons (Fsp3) is 0.750. The third-order valence-corrected chi connectivity index (χ3v) is 5.40. The largest absolute Gasteiger partial charge is 0.378 e. The molecule has 0 spiro atoms. The molecule has 0 unspecified atom stereocenters. The fourth-order valence-electron chi connectivity index (χ4n) is 2.78. The summed E-state index contributed by atoms with van der Waals surface area (Å²) in [6.45, 7) is 5.88. The van der Waals surface area contributed by atoms with E-state index in [1.807, 2.05) is 12.6 Å². The van der Waals surface area contributed by atoms with Gasteiger partial charge in [0.2, 0.25) is 0 Å². The molecule has 1 saturated carbocycles. The molecule has 0 radical (unpaired) electrons. The predicted molar refractivity (Wildman–Crippen MR) is 90.3 cm³/mol. The molecule has 6 heteroatoms. The Morgan fingerprint density at radius 1 is 1.41 bits per heavy atom. The van der Waals surface area contributed by atoms with E-state index in [1.165, 1.54) is 17.7 Å². The molecule has 0 bridgehead atoms. The Bertz CT molecular complexity index is 504. The van der Waals surface area contributed by atoms with E-state index in [1.54, 1.807) is 11.3 Å². The van der Waals surface area contributed by atoms with Gasteiger partial charge in [0.15, 0.2) is 5.96 Å². The zero-order chi connectivity index (χ0) is 15.4. The molecule has 1 aromatic heterocycles. The van der Waals surface area contributed by atoms with Gasteiger partial charge in [-0.1, -0.05) is 0 Å². The van der Waals surface area contributed by atoms with Gasteiger partial charge >= 0.3 is 0 Å². The molecule has 1 aliphatic carbocycles. The highest BCUT2D eigenvalue weighted by Gasteiger charge is 2.26. The molecular formula is C16H26N4OS. The van der Waals surface area contributed by atoms with Crippen LogP contribution in [0.4, 0.5) is 0 Å². The lowest BCUT2D eigenvalue weighted by atomic mass is 10.1. The number of hydrogen-bond donors (Lipinski definition) is 1. The van der Waals surface area contributed by atoms with Gasteiger partial charge in [0, 0.05) is 31.6 Å². The maximum atomic E-state index is 6.01. The number of ether oxygens (including phenoxy) is 1. The molecule has 5 nitrogen and oxygen atoms in total. The summed E-state index contributed by atoms with van der Waals surface area (Å²) in [6.07, 6.45) is 5.39. The molecule has 1 aliphatic heterocycles. The molecule has 3 rings (SSSR count). The lowest BCUT2D eigenvalue weighted by Crippen LogP contribution is -2.46. The van der Waals surface area contributed by atoms with E-state index < -0.39 is 0 Å². The Morgan fingerprint density at radius 3 is 2.77 bits per heavy atom. The summed E-state index contributed by atoms with van der Waals surface area (Å²) < 4.78 is 6.01. The Balaban J connectivity index is 1.43. The first-order valence-corrected chi connectivity index (χ1v) is 9.10. The number of thiazole rings is 1. The van der Waals surface area contributed by atoms with Crippen molar-refractivity contribution in [2.24, 2.45) is 10.9 Å². The molecule has 1 aromatic rings. The first-order valence-electron chi connectivity index (χ1n) is 8.22. The fourth-order valence-corrected chi connectivity index (χ4v) is 3.50. The van der Waals surface area contributed by atoms with Crippen molar-refractivity contribution in [3.63, 3.8) is 0 Å². The molecule has 1 saturated heterocycles. The van der Waals surface area contributed by atoms with Gasteiger partial charge in [-0.25, -0.2) is 4.98 Å². The highest BCUT2D eigenvalue weighted by molar-refractivity contribution is 7.09. The van der Waals surface area contributed by atoms with Crippen LogP contribution in [0.3, 0.4) is 0 Å². The summed E-state index contributed by atoms with van der Waals surface area (Å²) in [7, 11) is 1.86. The summed E-state index contributed by atoms with van der Waals surface area (Å²) in [6, 6.07) is 0. The summed E-state index contributed by atoms with van der Waals surface area (Å²) in [5, 5.41) is 3.46. The Labute approximate surface area is 136 Å². The first-order chi connectivity index (χ1) is 10.8. The van der Waals surface area contributed by atoms with Crippen LogP contribution in [-0.4, -0.2) is 48.7 Å². The van der Waals surface area contributed by atoms with E-state index in [0.29, 0.717) is 6.10 Å². The zero-order valence-corrected chi connectivity index (χ0v) is 14.4. The van der Waals surface area contributed by atoms with Gasteiger partial charge in [0.1, 0.15) is 0 Å². The van der Waals surface area contributed by atoms with E-state index in [0.717, 1.165) is 56.7 Å². The second-order valence-corrected chi connectivity index (χ2v) is 7.16. The van der Waals surface area contributed by atoms with Gasteiger partial charge in [-0.15, -0.1) is 11.3 Å². The van der Waals surface area contributed by atoms with Crippen LogP contribution in [0.5, 0.6) is 0 Å². The van der Waals surface area contributed by atoms with Crippen molar-refractivity contribution in [3.05, 3.63) is 16.1 Å². The highest BCUT2D eigenvalue weighted by atomic mass is 32.1. The number of hydrogen-bond acceptors (Lipinski definition) is 4. The van der Waals surface area contributed by atoms with Gasteiger partial charge in [-0.3, -0.25) is 4.99 Å². The first kappa shape index (κ1) is 15.7.